The molecule has 0 saturated heterocycles. The van der Waals surface area contributed by atoms with Gasteiger partial charge in [0.2, 0.25) is 0 Å². The number of aromatic nitrogens is 4. The highest BCUT2D eigenvalue weighted by atomic mass is 19.4. The molecular weight excluding hydrogens is 347 g/mol. The summed E-state index contributed by atoms with van der Waals surface area (Å²) in [6.07, 6.45) is -1.46. The Bertz CT molecular complexity index is 886. The van der Waals surface area contributed by atoms with Crippen molar-refractivity contribution < 1.29 is 17.9 Å². The second kappa shape index (κ2) is 7.26. The fourth-order valence-electron chi connectivity index (χ4n) is 2.13. The molecule has 1 N–H and O–H groups in total. The Balaban J connectivity index is 1.66. The number of tetrazole rings is 1. The fraction of sp³-hybridized carbons (Fsp3) is 0.118. The van der Waals surface area contributed by atoms with Crippen molar-refractivity contribution in [3.63, 3.8) is 0 Å². The number of halogens is 3. The molecule has 0 radical (unpaired) electrons. The molecule has 0 aliphatic rings. The van der Waals surface area contributed by atoms with Gasteiger partial charge in [0.15, 0.2) is 5.82 Å². The predicted octanol–water partition coefficient (Wildman–Crippen LogP) is 3.95. The molecular formula is C17H14F3N5O. The second-order valence-electron chi connectivity index (χ2n) is 5.33. The third-order valence-electron chi connectivity index (χ3n) is 3.34. The highest BCUT2D eigenvalue weighted by Crippen LogP contribution is 2.24. The standard InChI is InChI=1S/C17H14F3N5O/c1-12-2-6-14(7-3-12)25-16(22-23-24-25)10-11-21-13-4-8-15(9-5-13)26-17(18,19)20/h2-11,21H,1H3/b11-10-. The van der Waals surface area contributed by atoms with Gasteiger partial charge in [0.05, 0.1) is 5.69 Å². The summed E-state index contributed by atoms with van der Waals surface area (Å²) in [7, 11) is 0. The van der Waals surface area contributed by atoms with Gasteiger partial charge in [-0.25, -0.2) is 0 Å². The molecule has 1 aromatic heterocycles. The van der Waals surface area contributed by atoms with Crippen molar-refractivity contribution in [3.05, 3.63) is 66.1 Å². The molecule has 0 aliphatic carbocycles. The number of nitrogens with zero attached hydrogens (tertiary/aromatic N) is 4. The molecule has 9 heteroatoms. The van der Waals surface area contributed by atoms with E-state index in [-0.39, 0.29) is 5.75 Å². The summed E-state index contributed by atoms with van der Waals surface area (Å²) in [5, 5.41) is 14.5. The van der Waals surface area contributed by atoms with Crippen LogP contribution in [-0.4, -0.2) is 26.6 Å². The van der Waals surface area contributed by atoms with Crippen LogP contribution in [0.2, 0.25) is 0 Å². The van der Waals surface area contributed by atoms with Crippen molar-refractivity contribution in [2.75, 3.05) is 5.32 Å². The highest BCUT2D eigenvalue weighted by molar-refractivity contribution is 5.53. The molecule has 134 valence electrons. The summed E-state index contributed by atoms with van der Waals surface area (Å²) in [5.74, 6) is 0.216. The molecule has 3 aromatic rings. The van der Waals surface area contributed by atoms with Gasteiger partial charge in [-0.3, -0.25) is 0 Å². The van der Waals surface area contributed by atoms with Crippen molar-refractivity contribution >= 4 is 11.8 Å². The Hall–Kier alpha value is -3.36. The van der Waals surface area contributed by atoms with Crippen LogP contribution in [-0.2, 0) is 0 Å². The Morgan fingerprint density at radius 3 is 2.38 bits per heavy atom. The highest BCUT2D eigenvalue weighted by Gasteiger charge is 2.30. The summed E-state index contributed by atoms with van der Waals surface area (Å²) < 4.78 is 41.8. The lowest BCUT2D eigenvalue weighted by Crippen LogP contribution is -2.16. The number of aryl methyl sites for hydroxylation is 1. The van der Waals surface area contributed by atoms with Gasteiger partial charge in [-0.15, -0.1) is 18.3 Å². The zero-order valence-electron chi connectivity index (χ0n) is 13.6. The Labute approximate surface area is 146 Å². The van der Waals surface area contributed by atoms with E-state index in [4.69, 9.17) is 0 Å². The quantitative estimate of drug-likeness (QED) is 0.745. The molecule has 26 heavy (non-hydrogen) atoms. The van der Waals surface area contributed by atoms with Crippen LogP contribution in [0.5, 0.6) is 5.75 Å². The number of ether oxygens (including phenoxy) is 1. The lowest BCUT2D eigenvalue weighted by Gasteiger charge is -2.09. The number of rotatable bonds is 5. The molecule has 0 bridgehead atoms. The lowest BCUT2D eigenvalue weighted by molar-refractivity contribution is -0.274. The van der Waals surface area contributed by atoms with E-state index in [0.29, 0.717) is 11.5 Å². The molecule has 0 amide bonds. The average Bonchev–Trinajstić information content (AvgIpc) is 3.04. The number of nitrogens with one attached hydrogen (secondary N) is 1. The number of alkyl halides is 3. The molecule has 0 atom stereocenters. The van der Waals surface area contributed by atoms with E-state index in [2.05, 4.69) is 25.6 Å². The smallest absolute Gasteiger partial charge is 0.406 e. The third kappa shape index (κ3) is 4.59. The molecule has 3 rings (SSSR count). The van der Waals surface area contributed by atoms with Crippen molar-refractivity contribution in [1.82, 2.24) is 20.2 Å². The monoisotopic (exact) mass is 361 g/mol. The number of anilines is 1. The first kappa shape index (κ1) is 17.5. The second-order valence-corrected chi connectivity index (χ2v) is 5.33. The van der Waals surface area contributed by atoms with E-state index in [1.165, 1.54) is 24.3 Å². The van der Waals surface area contributed by atoms with Gasteiger partial charge in [-0.05, 0) is 53.7 Å². The van der Waals surface area contributed by atoms with E-state index in [1.54, 1.807) is 17.0 Å². The van der Waals surface area contributed by atoms with Gasteiger partial charge in [0, 0.05) is 18.0 Å². The van der Waals surface area contributed by atoms with E-state index in [9.17, 15) is 13.2 Å². The van der Waals surface area contributed by atoms with Crippen molar-refractivity contribution in [2.45, 2.75) is 13.3 Å². The van der Waals surface area contributed by atoms with E-state index in [0.717, 1.165) is 11.3 Å². The molecule has 0 unspecified atom stereocenters. The molecule has 0 saturated carbocycles. The third-order valence-corrected chi connectivity index (χ3v) is 3.34. The Morgan fingerprint density at radius 2 is 1.73 bits per heavy atom. The first-order valence-corrected chi connectivity index (χ1v) is 7.55. The van der Waals surface area contributed by atoms with Crippen LogP contribution in [0, 0.1) is 6.92 Å². The number of hydrogen-bond donors (Lipinski definition) is 1. The summed E-state index contributed by atoms with van der Waals surface area (Å²) in [5.41, 5.74) is 2.53. The molecule has 0 fully saturated rings. The van der Waals surface area contributed by atoms with Crippen molar-refractivity contribution in [1.29, 1.82) is 0 Å². The zero-order valence-corrected chi connectivity index (χ0v) is 13.6. The minimum Gasteiger partial charge on any atom is -0.406 e. The lowest BCUT2D eigenvalue weighted by atomic mass is 10.2. The SMILES string of the molecule is Cc1ccc(-n2nnnc2/C=C\Nc2ccc(OC(F)(F)F)cc2)cc1. The van der Waals surface area contributed by atoms with Crippen molar-refractivity contribution in [2.24, 2.45) is 0 Å². The molecule has 6 nitrogen and oxygen atoms in total. The Kier molecular flexibility index (Phi) is 4.87. The van der Waals surface area contributed by atoms with Crippen LogP contribution >= 0.6 is 0 Å². The summed E-state index contributed by atoms with van der Waals surface area (Å²) in [4.78, 5) is 0. The molecule has 0 spiro atoms. The maximum Gasteiger partial charge on any atom is 0.573 e. The van der Waals surface area contributed by atoms with Gasteiger partial charge in [0.25, 0.3) is 0 Å². The number of hydrogen-bond acceptors (Lipinski definition) is 5. The minimum atomic E-state index is -4.71. The van der Waals surface area contributed by atoms with Crippen LogP contribution < -0.4 is 10.1 Å². The zero-order chi connectivity index (χ0) is 18.6. The van der Waals surface area contributed by atoms with Gasteiger partial charge >= 0.3 is 6.36 Å². The van der Waals surface area contributed by atoms with Gasteiger partial charge in [-0.2, -0.15) is 4.68 Å². The first-order valence-electron chi connectivity index (χ1n) is 7.55. The van der Waals surface area contributed by atoms with Gasteiger partial charge in [-0.1, -0.05) is 17.7 Å². The van der Waals surface area contributed by atoms with Crippen LogP contribution in [0.3, 0.4) is 0 Å². The summed E-state index contributed by atoms with van der Waals surface area (Å²) in [6.45, 7) is 1.99. The minimum absolute atomic E-state index is 0.282. The number of benzene rings is 2. The van der Waals surface area contributed by atoms with Crippen LogP contribution in [0.1, 0.15) is 11.4 Å². The topological polar surface area (TPSA) is 64.9 Å². The predicted molar refractivity (Wildman–Crippen MR) is 89.7 cm³/mol. The van der Waals surface area contributed by atoms with E-state index < -0.39 is 6.36 Å². The van der Waals surface area contributed by atoms with E-state index >= 15 is 0 Å². The molecule has 0 aliphatic heterocycles. The molecule has 1 heterocycles. The average molecular weight is 361 g/mol. The molecule has 2 aromatic carbocycles. The fourth-order valence-corrected chi connectivity index (χ4v) is 2.13. The van der Waals surface area contributed by atoms with Crippen molar-refractivity contribution in [3.8, 4) is 11.4 Å². The van der Waals surface area contributed by atoms with Crippen LogP contribution in [0.15, 0.2) is 54.7 Å². The largest absolute Gasteiger partial charge is 0.573 e. The van der Waals surface area contributed by atoms with E-state index in [1.807, 2.05) is 31.2 Å². The summed E-state index contributed by atoms with van der Waals surface area (Å²) >= 11 is 0. The maximum atomic E-state index is 12.1. The first-order chi connectivity index (χ1) is 12.4. The van der Waals surface area contributed by atoms with Gasteiger partial charge in [0.1, 0.15) is 5.75 Å². The Morgan fingerprint density at radius 1 is 1.04 bits per heavy atom. The van der Waals surface area contributed by atoms with Crippen LogP contribution in [0.25, 0.3) is 11.8 Å². The van der Waals surface area contributed by atoms with Gasteiger partial charge < -0.3 is 10.1 Å². The summed E-state index contributed by atoms with van der Waals surface area (Å²) in [6, 6.07) is 13.1. The van der Waals surface area contributed by atoms with Crippen LogP contribution in [0.4, 0.5) is 18.9 Å². The maximum absolute atomic E-state index is 12.1. The normalized spacial score (nSPS) is 11.7.